The molecule has 0 aromatic rings. The molecule has 20 heavy (non-hydrogen) atoms. The first kappa shape index (κ1) is 17.4. The van der Waals surface area contributed by atoms with Gasteiger partial charge in [0.25, 0.3) is 10.2 Å². The van der Waals surface area contributed by atoms with Crippen molar-refractivity contribution in [2.45, 2.75) is 58.4 Å². The van der Waals surface area contributed by atoms with E-state index in [0.717, 1.165) is 32.1 Å². The van der Waals surface area contributed by atoms with Gasteiger partial charge in [-0.15, -0.1) is 0 Å². The molecule has 0 aliphatic carbocycles. The van der Waals surface area contributed by atoms with Crippen LogP contribution in [0.15, 0.2) is 0 Å². The maximum Gasteiger partial charge on any atom is 0.322 e. The number of aliphatic carboxylic acids is 1. The van der Waals surface area contributed by atoms with Crippen molar-refractivity contribution in [3.8, 4) is 0 Å². The Morgan fingerprint density at radius 1 is 1.20 bits per heavy atom. The first-order valence-corrected chi connectivity index (χ1v) is 8.84. The Kier molecular flexibility index (Phi) is 6.91. The van der Waals surface area contributed by atoms with E-state index in [1.807, 2.05) is 13.8 Å². The van der Waals surface area contributed by atoms with Gasteiger partial charge in [0.1, 0.15) is 6.04 Å². The van der Waals surface area contributed by atoms with Crippen LogP contribution in [0.5, 0.6) is 0 Å². The number of carbonyl (C=O) groups is 1. The third-order valence-corrected chi connectivity index (χ3v) is 5.60. The summed E-state index contributed by atoms with van der Waals surface area (Å²) in [5.41, 5.74) is 0. The summed E-state index contributed by atoms with van der Waals surface area (Å²) in [6.45, 7) is 5.05. The minimum atomic E-state index is -3.68. The van der Waals surface area contributed by atoms with E-state index < -0.39 is 22.2 Å². The average molecular weight is 306 g/mol. The summed E-state index contributed by atoms with van der Waals surface area (Å²) in [6.07, 6.45) is 4.24. The van der Waals surface area contributed by atoms with E-state index in [4.69, 9.17) is 0 Å². The van der Waals surface area contributed by atoms with Crippen LogP contribution < -0.4 is 0 Å². The highest BCUT2D eigenvalue weighted by molar-refractivity contribution is 7.86. The van der Waals surface area contributed by atoms with E-state index in [1.165, 1.54) is 8.61 Å². The lowest BCUT2D eigenvalue weighted by atomic mass is 10.1. The Morgan fingerprint density at radius 2 is 1.80 bits per heavy atom. The first-order chi connectivity index (χ1) is 9.45. The fourth-order valence-corrected chi connectivity index (χ4v) is 4.59. The van der Waals surface area contributed by atoms with Crippen molar-refractivity contribution in [2.75, 3.05) is 19.6 Å². The largest absolute Gasteiger partial charge is 0.480 e. The van der Waals surface area contributed by atoms with E-state index in [-0.39, 0.29) is 0 Å². The predicted octanol–water partition coefficient (Wildman–Crippen LogP) is 1.68. The first-order valence-electron chi connectivity index (χ1n) is 7.44. The van der Waals surface area contributed by atoms with Crippen molar-refractivity contribution in [1.82, 2.24) is 8.61 Å². The number of carboxylic acids is 1. The van der Waals surface area contributed by atoms with Gasteiger partial charge < -0.3 is 5.11 Å². The quantitative estimate of drug-likeness (QED) is 0.776. The number of nitrogens with zero attached hydrogens (tertiary/aromatic N) is 2. The standard InChI is InChI=1S/C13H26N2O4S/c1-3-9-14(10-4-2)20(18,19)15-11-7-5-6-8-12(15)13(16)17/h12H,3-11H2,1-2H3,(H,16,17). The van der Waals surface area contributed by atoms with Gasteiger partial charge in [0.05, 0.1) is 0 Å². The zero-order valence-electron chi connectivity index (χ0n) is 12.4. The molecule has 1 saturated heterocycles. The Hall–Kier alpha value is -0.660. The molecule has 1 unspecified atom stereocenters. The Labute approximate surface area is 121 Å². The maximum atomic E-state index is 12.7. The normalized spacial score (nSPS) is 21.9. The van der Waals surface area contributed by atoms with E-state index >= 15 is 0 Å². The number of hydrogen-bond donors (Lipinski definition) is 1. The SMILES string of the molecule is CCCN(CCC)S(=O)(=O)N1CCCCCC1C(=O)O. The predicted molar refractivity (Wildman–Crippen MR) is 77.7 cm³/mol. The molecule has 1 aliphatic heterocycles. The van der Waals surface area contributed by atoms with Crippen molar-refractivity contribution in [3.63, 3.8) is 0 Å². The maximum absolute atomic E-state index is 12.7. The lowest BCUT2D eigenvalue weighted by Gasteiger charge is -2.32. The smallest absolute Gasteiger partial charge is 0.322 e. The molecule has 1 N–H and O–H groups in total. The second kappa shape index (κ2) is 7.95. The van der Waals surface area contributed by atoms with Crippen LogP contribution in [0, 0.1) is 0 Å². The van der Waals surface area contributed by atoms with E-state index in [1.54, 1.807) is 0 Å². The van der Waals surface area contributed by atoms with Crippen LogP contribution in [0.25, 0.3) is 0 Å². The van der Waals surface area contributed by atoms with Gasteiger partial charge in [0.2, 0.25) is 0 Å². The third kappa shape index (κ3) is 4.17. The molecule has 7 heteroatoms. The fraction of sp³-hybridized carbons (Fsp3) is 0.923. The van der Waals surface area contributed by atoms with Gasteiger partial charge in [-0.1, -0.05) is 26.7 Å². The summed E-state index contributed by atoms with van der Waals surface area (Å²) in [5.74, 6) is -1.04. The molecule has 0 bridgehead atoms. The highest BCUT2D eigenvalue weighted by Gasteiger charge is 2.38. The molecule has 1 atom stereocenters. The molecule has 0 radical (unpaired) electrons. The summed E-state index contributed by atoms with van der Waals surface area (Å²) in [4.78, 5) is 11.4. The number of carboxylic acid groups (broad SMARTS) is 1. The van der Waals surface area contributed by atoms with Gasteiger partial charge in [0.15, 0.2) is 0 Å². The molecule has 1 rings (SSSR count). The summed E-state index contributed by atoms with van der Waals surface area (Å²) in [6, 6.07) is -0.918. The van der Waals surface area contributed by atoms with Gasteiger partial charge in [-0.25, -0.2) is 0 Å². The van der Waals surface area contributed by atoms with Crippen LogP contribution in [0.3, 0.4) is 0 Å². The van der Waals surface area contributed by atoms with E-state index in [0.29, 0.717) is 26.1 Å². The highest BCUT2D eigenvalue weighted by atomic mass is 32.2. The average Bonchev–Trinajstić information content (AvgIpc) is 2.64. The monoisotopic (exact) mass is 306 g/mol. The third-order valence-electron chi connectivity index (χ3n) is 3.56. The second-order valence-electron chi connectivity index (χ2n) is 5.22. The Morgan fingerprint density at radius 3 is 2.30 bits per heavy atom. The lowest BCUT2D eigenvalue weighted by Crippen LogP contribution is -2.51. The molecule has 1 fully saturated rings. The van der Waals surface area contributed by atoms with Crippen LogP contribution in [-0.2, 0) is 15.0 Å². The zero-order chi connectivity index (χ0) is 15.2. The highest BCUT2D eigenvalue weighted by Crippen LogP contribution is 2.22. The van der Waals surface area contributed by atoms with Crippen molar-refractivity contribution in [2.24, 2.45) is 0 Å². The summed E-state index contributed by atoms with van der Waals surface area (Å²) >= 11 is 0. The molecular weight excluding hydrogens is 280 g/mol. The van der Waals surface area contributed by atoms with Crippen molar-refractivity contribution < 1.29 is 18.3 Å². The van der Waals surface area contributed by atoms with Crippen molar-refractivity contribution in [1.29, 1.82) is 0 Å². The van der Waals surface area contributed by atoms with Gasteiger partial charge in [-0.2, -0.15) is 17.0 Å². The fourth-order valence-electron chi connectivity index (χ4n) is 2.59. The molecule has 6 nitrogen and oxygen atoms in total. The molecule has 0 saturated carbocycles. The zero-order valence-corrected chi connectivity index (χ0v) is 13.2. The van der Waals surface area contributed by atoms with Crippen LogP contribution in [0.4, 0.5) is 0 Å². The van der Waals surface area contributed by atoms with Crippen LogP contribution in [-0.4, -0.2) is 53.8 Å². The van der Waals surface area contributed by atoms with Crippen LogP contribution in [0.1, 0.15) is 52.4 Å². The van der Waals surface area contributed by atoms with E-state index in [9.17, 15) is 18.3 Å². The minimum Gasteiger partial charge on any atom is -0.480 e. The van der Waals surface area contributed by atoms with Crippen molar-refractivity contribution in [3.05, 3.63) is 0 Å². The molecule has 118 valence electrons. The van der Waals surface area contributed by atoms with Gasteiger partial charge in [0, 0.05) is 19.6 Å². The molecule has 0 aromatic carbocycles. The van der Waals surface area contributed by atoms with Gasteiger partial charge >= 0.3 is 5.97 Å². The number of hydrogen-bond acceptors (Lipinski definition) is 3. The molecule has 0 aromatic heterocycles. The minimum absolute atomic E-state index is 0.309. The molecule has 0 spiro atoms. The lowest BCUT2D eigenvalue weighted by molar-refractivity contribution is -0.141. The molecule has 1 aliphatic rings. The topological polar surface area (TPSA) is 77.9 Å². The summed E-state index contributed by atoms with van der Waals surface area (Å²) in [7, 11) is -3.68. The molecule has 0 amide bonds. The summed E-state index contributed by atoms with van der Waals surface area (Å²) in [5, 5.41) is 9.31. The summed E-state index contributed by atoms with van der Waals surface area (Å²) < 4.78 is 28.1. The Bertz CT molecular complexity index is 405. The van der Waals surface area contributed by atoms with Crippen LogP contribution in [0.2, 0.25) is 0 Å². The molecule has 1 heterocycles. The van der Waals surface area contributed by atoms with Crippen molar-refractivity contribution >= 4 is 16.2 Å². The van der Waals surface area contributed by atoms with Gasteiger partial charge in [-0.3, -0.25) is 4.79 Å². The number of rotatable bonds is 7. The van der Waals surface area contributed by atoms with Gasteiger partial charge in [-0.05, 0) is 25.7 Å². The second-order valence-corrected chi connectivity index (χ2v) is 7.10. The molecular formula is C13H26N2O4S. The van der Waals surface area contributed by atoms with Crippen LogP contribution >= 0.6 is 0 Å². The Balaban J connectivity index is 3.03. The van der Waals surface area contributed by atoms with E-state index in [2.05, 4.69) is 0 Å².